The van der Waals surface area contributed by atoms with Gasteiger partial charge in [0.1, 0.15) is 0 Å². The van der Waals surface area contributed by atoms with Gasteiger partial charge in [0.15, 0.2) is 0 Å². The van der Waals surface area contributed by atoms with Crippen LogP contribution in [-0.4, -0.2) is 5.97 Å². The van der Waals surface area contributed by atoms with Crippen molar-refractivity contribution in [1.82, 2.24) is 0 Å². The van der Waals surface area contributed by atoms with Gasteiger partial charge in [0.2, 0.25) is 0 Å². The van der Waals surface area contributed by atoms with Crippen LogP contribution in [0.5, 0.6) is 0 Å². The molecule has 0 aromatic heterocycles. The summed E-state index contributed by atoms with van der Waals surface area (Å²) in [6.07, 6.45) is 0.362. The molecule has 3 aromatic rings. The number of hydrogen-bond donors (Lipinski definition) is 0. The summed E-state index contributed by atoms with van der Waals surface area (Å²) in [6, 6.07) is 30.4. The van der Waals surface area contributed by atoms with Crippen LogP contribution in [0.3, 0.4) is 0 Å². The minimum atomic E-state index is -2.86. The van der Waals surface area contributed by atoms with E-state index in [-0.39, 0.29) is 5.97 Å². The monoisotopic (exact) mass is 336 g/mol. The third-order valence-electron chi connectivity index (χ3n) is 4.10. The molecule has 0 radical (unpaired) electrons. The zero-order chi connectivity index (χ0) is 16.8. The molecule has 0 N–H and O–H groups in total. The summed E-state index contributed by atoms with van der Waals surface area (Å²) in [7, 11) is -2.86. The van der Waals surface area contributed by atoms with Crippen molar-refractivity contribution in [1.29, 1.82) is 0 Å². The molecule has 3 aromatic carbocycles. The van der Waals surface area contributed by atoms with E-state index in [2.05, 4.69) is 36.4 Å². The van der Waals surface area contributed by atoms with E-state index in [1.54, 1.807) is 0 Å². The first-order chi connectivity index (χ1) is 11.8. The molecule has 3 heteroatoms. The quantitative estimate of drug-likeness (QED) is 0.666. The van der Waals surface area contributed by atoms with Crippen LogP contribution < -0.4 is 15.9 Å². The first-order valence-electron chi connectivity index (χ1n) is 8.16. The van der Waals surface area contributed by atoms with Crippen molar-refractivity contribution < 1.29 is 9.32 Å². The number of rotatable bonds is 5. The van der Waals surface area contributed by atoms with Gasteiger partial charge in [0, 0.05) is 0 Å². The Morgan fingerprint density at radius 2 is 1.04 bits per heavy atom. The van der Waals surface area contributed by atoms with Crippen LogP contribution in [0.4, 0.5) is 0 Å². The Morgan fingerprint density at radius 3 is 1.33 bits per heavy atom. The molecule has 0 atom stereocenters. The van der Waals surface area contributed by atoms with Crippen molar-refractivity contribution in [3.05, 3.63) is 91.0 Å². The maximum absolute atomic E-state index is 12.4. The topological polar surface area (TPSA) is 26.3 Å². The normalized spacial score (nSPS) is 11.7. The van der Waals surface area contributed by atoms with Crippen LogP contribution in [-0.2, 0) is 9.32 Å². The molecule has 122 valence electrons. The Labute approximate surface area is 143 Å². The molecule has 2 nitrogen and oxygen atoms in total. The molecule has 0 unspecified atom stereocenters. The van der Waals surface area contributed by atoms with E-state index in [0.29, 0.717) is 6.42 Å². The van der Waals surface area contributed by atoms with E-state index in [0.717, 1.165) is 15.9 Å². The van der Waals surface area contributed by atoms with Crippen LogP contribution in [0.15, 0.2) is 91.0 Å². The first-order valence-corrected chi connectivity index (χ1v) is 10.1. The summed E-state index contributed by atoms with van der Waals surface area (Å²) < 4.78 is 6.25. The summed E-state index contributed by atoms with van der Waals surface area (Å²) in [4.78, 5) is 12.4. The second-order valence-electron chi connectivity index (χ2n) is 5.61. The van der Waals surface area contributed by atoms with Gasteiger partial charge in [0.05, 0.1) is 0 Å². The number of hydrogen-bond acceptors (Lipinski definition) is 2. The summed E-state index contributed by atoms with van der Waals surface area (Å²) in [6.45, 7) is 1.84. The Bertz CT molecular complexity index is 689. The van der Waals surface area contributed by atoms with Gasteiger partial charge in [-0.25, -0.2) is 0 Å². The van der Waals surface area contributed by atoms with E-state index in [1.165, 1.54) is 0 Å². The van der Waals surface area contributed by atoms with Gasteiger partial charge in [-0.15, -0.1) is 0 Å². The van der Waals surface area contributed by atoms with Gasteiger partial charge >= 0.3 is 143 Å². The number of carbonyl (C=O) groups excluding carboxylic acids is 1. The van der Waals surface area contributed by atoms with Gasteiger partial charge in [-0.3, -0.25) is 0 Å². The standard InChI is InChI=1S/C21H21O2P/c1-2-21(22)23-24(18-12-6-3-7-13-18,19-14-8-4-9-15-19)20-16-10-5-11-17-20/h3-17,24H,2H2,1H3. The molecule has 24 heavy (non-hydrogen) atoms. The first kappa shape index (κ1) is 16.4. The average molecular weight is 336 g/mol. The fraction of sp³-hybridized carbons (Fsp3) is 0.0952. The summed E-state index contributed by atoms with van der Waals surface area (Å²) in [5, 5.41) is 3.22. The van der Waals surface area contributed by atoms with Crippen LogP contribution in [0.1, 0.15) is 13.3 Å². The van der Waals surface area contributed by atoms with E-state index < -0.39 is 7.49 Å². The second-order valence-corrected chi connectivity index (χ2v) is 8.91. The number of carbonyl (C=O) groups is 1. The second kappa shape index (κ2) is 7.42. The van der Waals surface area contributed by atoms with Crippen molar-refractivity contribution in [3.63, 3.8) is 0 Å². The maximum atomic E-state index is 12.4. The van der Waals surface area contributed by atoms with E-state index in [1.807, 2.05) is 61.5 Å². The van der Waals surface area contributed by atoms with E-state index in [9.17, 15) is 4.79 Å². The van der Waals surface area contributed by atoms with Crippen molar-refractivity contribution in [2.24, 2.45) is 0 Å². The van der Waals surface area contributed by atoms with Crippen molar-refractivity contribution >= 4 is 29.4 Å². The molecule has 3 rings (SSSR count). The molecular formula is C21H21O2P. The average Bonchev–Trinajstić information content (AvgIpc) is 2.68. The fourth-order valence-electron chi connectivity index (χ4n) is 2.94. The zero-order valence-corrected chi connectivity index (χ0v) is 14.7. The van der Waals surface area contributed by atoms with Crippen LogP contribution in [0, 0.1) is 0 Å². The van der Waals surface area contributed by atoms with Gasteiger partial charge in [-0.1, -0.05) is 0 Å². The van der Waals surface area contributed by atoms with Crippen molar-refractivity contribution in [2.75, 3.05) is 0 Å². The molecular weight excluding hydrogens is 315 g/mol. The van der Waals surface area contributed by atoms with Crippen LogP contribution in [0.25, 0.3) is 0 Å². The van der Waals surface area contributed by atoms with E-state index in [4.69, 9.17) is 4.52 Å². The molecule has 0 heterocycles. The van der Waals surface area contributed by atoms with E-state index >= 15 is 0 Å². The summed E-state index contributed by atoms with van der Waals surface area (Å²) in [5.41, 5.74) is 0. The molecule has 0 aliphatic heterocycles. The molecule has 0 saturated carbocycles. The van der Waals surface area contributed by atoms with Crippen LogP contribution in [0.2, 0.25) is 0 Å². The fourth-order valence-corrected chi connectivity index (χ4v) is 6.76. The summed E-state index contributed by atoms with van der Waals surface area (Å²) in [5.74, 6) is -0.168. The molecule has 0 saturated heterocycles. The minimum absolute atomic E-state index is 0.168. The van der Waals surface area contributed by atoms with Gasteiger partial charge < -0.3 is 0 Å². The van der Waals surface area contributed by atoms with Gasteiger partial charge in [0.25, 0.3) is 0 Å². The third-order valence-corrected chi connectivity index (χ3v) is 8.07. The molecule has 0 aliphatic carbocycles. The van der Waals surface area contributed by atoms with Gasteiger partial charge in [-0.05, 0) is 0 Å². The van der Waals surface area contributed by atoms with Crippen LogP contribution >= 0.6 is 7.49 Å². The Kier molecular flexibility index (Phi) is 5.08. The molecule has 0 spiro atoms. The van der Waals surface area contributed by atoms with Crippen molar-refractivity contribution in [2.45, 2.75) is 13.3 Å². The summed E-state index contributed by atoms with van der Waals surface area (Å²) >= 11 is 0. The predicted molar refractivity (Wildman–Crippen MR) is 103 cm³/mol. The van der Waals surface area contributed by atoms with Crippen molar-refractivity contribution in [3.8, 4) is 0 Å². The SMILES string of the molecule is CCC(=O)O[PH](c1ccccc1)(c1ccccc1)c1ccccc1. The Morgan fingerprint density at radius 1 is 0.708 bits per heavy atom. The molecule has 0 amide bonds. The molecule has 0 bridgehead atoms. The van der Waals surface area contributed by atoms with Gasteiger partial charge in [-0.2, -0.15) is 0 Å². The number of benzene rings is 3. The third kappa shape index (κ3) is 3.11. The Balaban J connectivity index is 2.30. The Hall–Kier alpha value is -2.44. The molecule has 0 fully saturated rings. The molecule has 0 aliphatic rings. The predicted octanol–water partition coefficient (Wildman–Crippen LogP) is 3.58. The zero-order valence-electron chi connectivity index (χ0n) is 13.7.